The number of allylic oxidation sites excluding steroid dienone is 3. The molecule has 0 saturated heterocycles. The first kappa shape index (κ1) is 13.6. The van der Waals surface area contributed by atoms with Gasteiger partial charge < -0.3 is 10.3 Å². The van der Waals surface area contributed by atoms with Crippen LogP contribution in [0.15, 0.2) is 52.0 Å². The minimum atomic E-state index is -2.23. The van der Waals surface area contributed by atoms with Gasteiger partial charge in [0.25, 0.3) is 0 Å². The van der Waals surface area contributed by atoms with Crippen molar-refractivity contribution in [3.05, 3.63) is 52.7 Å². The molecule has 0 saturated carbocycles. The summed E-state index contributed by atoms with van der Waals surface area (Å²) >= 11 is 10.1. The van der Waals surface area contributed by atoms with Gasteiger partial charge in [-0.15, -0.1) is 11.6 Å². The molecule has 3 nitrogen and oxygen atoms in total. The second kappa shape index (κ2) is 5.45. The molecule has 2 rings (SSSR count). The first-order valence-electron chi connectivity index (χ1n) is 5.16. The minimum absolute atomic E-state index is 0.199. The van der Waals surface area contributed by atoms with Crippen LogP contribution in [0.2, 0.25) is 0 Å². The number of hydrogen-bond acceptors (Lipinski definition) is 3. The molecule has 0 radical (unpaired) electrons. The molecule has 0 heterocycles. The fraction of sp³-hybridized carbons (Fsp3) is 0.167. The van der Waals surface area contributed by atoms with Gasteiger partial charge in [0.1, 0.15) is 0 Å². The SMILES string of the molecule is NC1=CC(Cl)C(c2ccc(S(=O)[O-])cc2)C(Cl)=C1. The Hall–Kier alpha value is -0.810. The monoisotopic (exact) mass is 302 g/mol. The summed E-state index contributed by atoms with van der Waals surface area (Å²) in [6, 6.07) is 6.45. The second-order valence-corrected chi connectivity index (χ2v) is 5.80. The second-order valence-electron chi connectivity index (χ2n) is 3.92. The Morgan fingerprint density at radius 2 is 1.89 bits per heavy atom. The summed E-state index contributed by atoms with van der Waals surface area (Å²) in [5, 5.41) is 0.206. The molecular formula is C12H10Cl2NO2S-. The molecule has 0 aliphatic heterocycles. The number of benzene rings is 1. The van der Waals surface area contributed by atoms with Crippen LogP contribution in [0.5, 0.6) is 0 Å². The number of halogens is 2. The molecule has 18 heavy (non-hydrogen) atoms. The highest BCUT2D eigenvalue weighted by atomic mass is 35.5. The first-order valence-corrected chi connectivity index (χ1v) is 7.05. The average Bonchev–Trinajstić information content (AvgIpc) is 2.28. The van der Waals surface area contributed by atoms with E-state index in [1.54, 1.807) is 24.3 Å². The molecule has 3 unspecified atom stereocenters. The summed E-state index contributed by atoms with van der Waals surface area (Å²) in [5.74, 6) is -0.199. The summed E-state index contributed by atoms with van der Waals surface area (Å²) < 4.78 is 21.5. The van der Waals surface area contributed by atoms with Gasteiger partial charge in [0.15, 0.2) is 0 Å². The van der Waals surface area contributed by atoms with Gasteiger partial charge in [-0.1, -0.05) is 23.7 Å². The highest BCUT2D eigenvalue weighted by molar-refractivity contribution is 7.79. The quantitative estimate of drug-likeness (QED) is 0.674. The van der Waals surface area contributed by atoms with Gasteiger partial charge in [0, 0.05) is 21.5 Å². The lowest BCUT2D eigenvalue weighted by molar-refractivity contribution is 0.537. The van der Waals surface area contributed by atoms with Crippen molar-refractivity contribution in [2.45, 2.75) is 16.2 Å². The maximum atomic E-state index is 10.8. The van der Waals surface area contributed by atoms with E-state index in [1.807, 2.05) is 0 Å². The van der Waals surface area contributed by atoms with Gasteiger partial charge >= 0.3 is 0 Å². The third-order valence-electron chi connectivity index (χ3n) is 2.70. The van der Waals surface area contributed by atoms with Crippen LogP contribution in [0.4, 0.5) is 0 Å². The molecule has 0 aromatic heterocycles. The zero-order chi connectivity index (χ0) is 13.3. The molecular weight excluding hydrogens is 293 g/mol. The van der Waals surface area contributed by atoms with Crippen molar-refractivity contribution in [2.75, 3.05) is 0 Å². The van der Waals surface area contributed by atoms with Crippen LogP contribution in [-0.4, -0.2) is 14.1 Å². The molecule has 1 aliphatic carbocycles. The van der Waals surface area contributed by atoms with Crippen molar-refractivity contribution in [1.29, 1.82) is 0 Å². The van der Waals surface area contributed by atoms with E-state index in [0.29, 0.717) is 10.7 Å². The number of hydrogen-bond donors (Lipinski definition) is 1. The van der Waals surface area contributed by atoms with Gasteiger partial charge in [-0.2, -0.15) is 0 Å². The lowest BCUT2D eigenvalue weighted by atomic mass is 9.91. The number of alkyl halides is 1. The highest BCUT2D eigenvalue weighted by Gasteiger charge is 2.26. The molecule has 0 spiro atoms. The molecule has 96 valence electrons. The zero-order valence-corrected chi connectivity index (χ0v) is 11.5. The standard InChI is InChI=1S/C12H11Cl2NO2S/c13-10-5-8(15)6-11(14)12(10)7-1-3-9(4-2-7)18(16)17/h1-6,10,12H,15H2,(H,16,17)/p-1. The molecule has 2 N–H and O–H groups in total. The Balaban J connectivity index is 2.32. The van der Waals surface area contributed by atoms with E-state index in [2.05, 4.69) is 0 Å². The fourth-order valence-electron chi connectivity index (χ4n) is 1.86. The molecule has 3 atom stereocenters. The van der Waals surface area contributed by atoms with E-state index < -0.39 is 11.1 Å². The summed E-state index contributed by atoms with van der Waals surface area (Å²) in [6.45, 7) is 0. The minimum Gasteiger partial charge on any atom is -0.768 e. The van der Waals surface area contributed by atoms with Crippen LogP contribution in [-0.2, 0) is 11.1 Å². The molecule has 0 amide bonds. The third-order valence-corrected chi connectivity index (χ3v) is 4.08. The maximum Gasteiger partial charge on any atom is 0.0656 e. The topological polar surface area (TPSA) is 66.2 Å². The van der Waals surface area contributed by atoms with Gasteiger partial charge in [-0.3, -0.25) is 4.21 Å². The van der Waals surface area contributed by atoms with Crippen molar-refractivity contribution >= 4 is 34.3 Å². The molecule has 1 aromatic rings. The maximum absolute atomic E-state index is 10.8. The predicted molar refractivity (Wildman–Crippen MR) is 72.2 cm³/mol. The Labute approximate surface area is 118 Å². The van der Waals surface area contributed by atoms with E-state index in [0.717, 1.165) is 5.56 Å². The van der Waals surface area contributed by atoms with Gasteiger partial charge in [-0.25, -0.2) is 0 Å². The fourth-order valence-corrected chi connectivity index (χ4v) is 3.10. The normalized spacial score (nSPS) is 25.3. The largest absolute Gasteiger partial charge is 0.768 e. The highest BCUT2D eigenvalue weighted by Crippen LogP contribution is 2.37. The Bertz CT molecular complexity index is 540. The Morgan fingerprint density at radius 1 is 1.28 bits per heavy atom. The molecule has 6 heteroatoms. The van der Waals surface area contributed by atoms with Crippen LogP contribution in [0, 0.1) is 0 Å². The third kappa shape index (κ3) is 2.78. The number of rotatable bonds is 2. The zero-order valence-electron chi connectivity index (χ0n) is 9.18. The molecule has 1 aliphatic rings. The molecule has 0 bridgehead atoms. The van der Waals surface area contributed by atoms with E-state index in [-0.39, 0.29) is 16.2 Å². The first-order chi connectivity index (χ1) is 8.49. The molecule has 0 fully saturated rings. The van der Waals surface area contributed by atoms with Gasteiger partial charge in [0.05, 0.1) is 5.38 Å². The predicted octanol–water partition coefficient (Wildman–Crippen LogP) is 2.59. The van der Waals surface area contributed by atoms with Crippen LogP contribution < -0.4 is 5.73 Å². The van der Waals surface area contributed by atoms with Crippen LogP contribution >= 0.6 is 23.2 Å². The Kier molecular flexibility index (Phi) is 4.12. The average molecular weight is 303 g/mol. The van der Waals surface area contributed by atoms with Crippen molar-refractivity contribution in [3.63, 3.8) is 0 Å². The van der Waals surface area contributed by atoms with E-state index >= 15 is 0 Å². The van der Waals surface area contributed by atoms with Crippen LogP contribution in [0.3, 0.4) is 0 Å². The summed E-state index contributed by atoms with van der Waals surface area (Å²) in [5.41, 5.74) is 7.05. The summed E-state index contributed by atoms with van der Waals surface area (Å²) in [4.78, 5) is 0.232. The van der Waals surface area contributed by atoms with Crippen LogP contribution in [0.1, 0.15) is 11.5 Å². The summed E-state index contributed by atoms with van der Waals surface area (Å²) in [7, 11) is 0. The van der Waals surface area contributed by atoms with Crippen molar-refractivity contribution < 1.29 is 8.76 Å². The lowest BCUT2D eigenvalue weighted by Gasteiger charge is -2.24. The van der Waals surface area contributed by atoms with Crippen molar-refractivity contribution in [2.24, 2.45) is 5.73 Å². The molecule has 1 aromatic carbocycles. The number of nitrogens with two attached hydrogens (primary N) is 1. The summed E-state index contributed by atoms with van der Waals surface area (Å²) in [6.07, 6.45) is 3.38. The van der Waals surface area contributed by atoms with Gasteiger partial charge in [0.2, 0.25) is 0 Å². The van der Waals surface area contributed by atoms with Crippen molar-refractivity contribution in [1.82, 2.24) is 0 Å². The Morgan fingerprint density at radius 3 is 2.39 bits per heavy atom. The van der Waals surface area contributed by atoms with E-state index in [1.165, 1.54) is 12.1 Å². The van der Waals surface area contributed by atoms with Gasteiger partial charge in [-0.05, 0) is 40.9 Å². The van der Waals surface area contributed by atoms with E-state index in [4.69, 9.17) is 28.9 Å². The van der Waals surface area contributed by atoms with E-state index in [9.17, 15) is 8.76 Å². The van der Waals surface area contributed by atoms with Crippen molar-refractivity contribution in [3.8, 4) is 0 Å². The smallest absolute Gasteiger partial charge is 0.0656 e. The lowest BCUT2D eigenvalue weighted by Crippen LogP contribution is -2.17. The van der Waals surface area contributed by atoms with Crippen LogP contribution in [0.25, 0.3) is 0 Å².